The fourth-order valence-electron chi connectivity index (χ4n) is 2.22. The molecule has 2 fully saturated rings. The lowest BCUT2D eigenvalue weighted by molar-refractivity contribution is -0.125. The van der Waals surface area contributed by atoms with Crippen LogP contribution in [-0.2, 0) is 4.79 Å². The molecule has 0 bridgehead atoms. The van der Waals surface area contributed by atoms with Crippen LogP contribution in [0, 0.1) is 11.8 Å². The average Bonchev–Trinajstić information content (AvgIpc) is 2.80. The van der Waals surface area contributed by atoms with Gasteiger partial charge in [0.1, 0.15) is 0 Å². The molecule has 0 aromatic heterocycles. The molecule has 2 heterocycles. The minimum absolute atomic E-state index is 0.264. The Morgan fingerprint density at radius 1 is 1.33 bits per heavy atom. The second-order valence-electron chi connectivity index (χ2n) is 4.50. The van der Waals surface area contributed by atoms with Gasteiger partial charge in [-0.15, -0.1) is 0 Å². The van der Waals surface area contributed by atoms with E-state index < -0.39 is 0 Å². The Kier molecular flexibility index (Phi) is 4.32. The molecule has 2 aliphatic rings. The van der Waals surface area contributed by atoms with Crippen molar-refractivity contribution in [2.24, 2.45) is 11.8 Å². The van der Waals surface area contributed by atoms with Crippen molar-refractivity contribution < 1.29 is 4.79 Å². The summed E-state index contributed by atoms with van der Waals surface area (Å²) in [5.41, 5.74) is 0. The number of carbonyl (C=O) groups is 1. The smallest absolute Gasteiger partial charge is 0.223 e. The summed E-state index contributed by atoms with van der Waals surface area (Å²) >= 11 is 2.01. The van der Waals surface area contributed by atoms with E-state index >= 15 is 0 Å². The van der Waals surface area contributed by atoms with Crippen LogP contribution < -0.4 is 10.6 Å². The molecule has 1 atom stereocenters. The summed E-state index contributed by atoms with van der Waals surface area (Å²) in [5.74, 6) is 3.77. The van der Waals surface area contributed by atoms with Crippen LogP contribution in [0.5, 0.6) is 0 Å². The van der Waals surface area contributed by atoms with E-state index in [4.69, 9.17) is 0 Å². The van der Waals surface area contributed by atoms with Crippen LogP contribution in [0.2, 0.25) is 0 Å². The molecule has 2 rings (SSSR count). The Morgan fingerprint density at radius 3 is 2.80 bits per heavy atom. The molecule has 0 aromatic carbocycles. The monoisotopic (exact) mass is 228 g/mol. The van der Waals surface area contributed by atoms with Gasteiger partial charge in [-0.2, -0.15) is 11.8 Å². The van der Waals surface area contributed by atoms with E-state index in [1.807, 2.05) is 11.8 Å². The van der Waals surface area contributed by atoms with Crippen LogP contribution in [0.3, 0.4) is 0 Å². The molecule has 4 heteroatoms. The van der Waals surface area contributed by atoms with Gasteiger partial charge in [0.15, 0.2) is 0 Å². The van der Waals surface area contributed by atoms with E-state index in [0.29, 0.717) is 0 Å². The molecule has 1 amide bonds. The van der Waals surface area contributed by atoms with Gasteiger partial charge >= 0.3 is 0 Å². The fourth-order valence-corrected chi connectivity index (χ4v) is 3.50. The van der Waals surface area contributed by atoms with Gasteiger partial charge < -0.3 is 10.6 Å². The van der Waals surface area contributed by atoms with Crippen molar-refractivity contribution in [1.29, 1.82) is 0 Å². The Bertz CT molecular complexity index is 211. The zero-order valence-corrected chi connectivity index (χ0v) is 9.94. The van der Waals surface area contributed by atoms with Gasteiger partial charge in [0, 0.05) is 12.5 Å². The molecule has 1 unspecified atom stereocenters. The van der Waals surface area contributed by atoms with E-state index in [9.17, 15) is 4.79 Å². The third-order valence-electron chi connectivity index (χ3n) is 3.30. The third-order valence-corrected chi connectivity index (χ3v) is 4.53. The molecule has 0 spiro atoms. The number of hydrogen-bond acceptors (Lipinski definition) is 3. The second kappa shape index (κ2) is 5.75. The summed E-state index contributed by atoms with van der Waals surface area (Å²) in [5, 5.41) is 6.40. The minimum Gasteiger partial charge on any atom is -0.356 e. The van der Waals surface area contributed by atoms with Crippen LogP contribution in [0.1, 0.15) is 19.3 Å². The molecule has 2 aliphatic heterocycles. The molecule has 2 N–H and O–H groups in total. The van der Waals surface area contributed by atoms with Gasteiger partial charge in [-0.05, 0) is 49.8 Å². The normalized spacial score (nSPS) is 27.9. The summed E-state index contributed by atoms with van der Waals surface area (Å²) in [7, 11) is 0. The predicted octanol–water partition coefficient (Wildman–Crippen LogP) is 0.855. The standard InChI is InChI=1S/C11H20N2OS/c14-11(10-1-4-12-5-2-10)13-7-9-3-6-15-8-9/h9-10,12H,1-8H2,(H,13,14). The highest BCUT2D eigenvalue weighted by molar-refractivity contribution is 7.99. The van der Waals surface area contributed by atoms with Crippen molar-refractivity contribution in [2.45, 2.75) is 19.3 Å². The first-order valence-corrected chi connectivity index (χ1v) is 7.08. The molecule has 15 heavy (non-hydrogen) atoms. The zero-order chi connectivity index (χ0) is 10.5. The lowest BCUT2D eigenvalue weighted by Crippen LogP contribution is -2.39. The average molecular weight is 228 g/mol. The number of thioether (sulfide) groups is 1. The van der Waals surface area contributed by atoms with E-state index in [2.05, 4.69) is 10.6 Å². The summed E-state index contributed by atoms with van der Waals surface area (Å²) in [6, 6.07) is 0. The van der Waals surface area contributed by atoms with Crippen molar-refractivity contribution >= 4 is 17.7 Å². The molecule has 0 saturated carbocycles. The molecule has 2 saturated heterocycles. The van der Waals surface area contributed by atoms with E-state index in [0.717, 1.165) is 38.4 Å². The highest BCUT2D eigenvalue weighted by atomic mass is 32.2. The maximum Gasteiger partial charge on any atom is 0.223 e. The number of hydrogen-bond donors (Lipinski definition) is 2. The highest BCUT2D eigenvalue weighted by Crippen LogP contribution is 2.22. The number of carbonyl (C=O) groups excluding carboxylic acids is 1. The second-order valence-corrected chi connectivity index (χ2v) is 5.65. The summed E-state index contributed by atoms with van der Waals surface area (Å²) in [6.45, 7) is 2.89. The van der Waals surface area contributed by atoms with Gasteiger partial charge in [0.2, 0.25) is 5.91 Å². The first-order chi connectivity index (χ1) is 7.36. The first-order valence-electron chi connectivity index (χ1n) is 5.92. The van der Waals surface area contributed by atoms with E-state index in [-0.39, 0.29) is 11.8 Å². The van der Waals surface area contributed by atoms with E-state index in [1.54, 1.807) is 0 Å². The quantitative estimate of drug-likeness (QED) is 0.752. The Balaban J connectivity index is 1.66. The number of piperidine rings is 1. The van der Waals surface area contributed by atoms with Crippen LogP contribution in [0.25, 0.3) is 0 Å². The zero-order valence-electron chi connectivity index (χ0n) is 9.13. The lowest BCUT2D eigenvalue weighted by Gasteiger charge is -2.22. The van der Waals surface area contributed by atoms with Crippen molar-refractivity contribution in [2.75, 3.05) is 31.1 Å². The van der Waals surface area contributed by atoms with Gasteiger partial charge in [0.25, 0.3) is 0 Å². The molecular weight excluding hydrogens is 208 g/mol. The van der Waals surface area contributed by atoms with Gasteiger partial charge in [-0.3, -0.25) is 4.79 Å². The van der Waals surface area contributed by atoms with Gasteiger partial charge in [-0.1, -0.05) is 0 Å². The SMILES string of the molecule is O=C(NCC1CCSC1)C1CCNCC1. The summed E-state index contributed by atoms with van der Waals surface area (Å²) < 4.78 is 0. The Hall–Kier alpha value is -0.220. The topological polar surface area (TPSA) is 41.1 Å². The van der Waals surface area contributed by atoms with Crippen molar-refractivity contribution in [3.63, 3.8) is 0 Å². The summed E-state index contributed by atoms with van der Waals surface area (Å²) in [6.07, 6.45) is 3.29. The van der Waals surface area contributed by atoms with Crippen LogP contribution in [0.15, 0.2) is 0 Å². The lowest BCUT2D eigenvalue weighted by atomic mass is 9.97. The molecule has 86 valence electrons. The fraction of sp³-hybridized carbons (Fsp3) is 0.909. The first kappa shape index (κ1) is 11.3. The largest absolute Gasteiger partial charge is 0.356 e. The van der Waals surface area contributed by atoms with Crippen LogP contribution in [0.4, 0.5) is 0 Å². The minimum atomic E-state index is 0.264. The van der Waals surface area contributed by atoms with Gasteiger partial charge in [-0.25, -0.2) is 0 Å². The molecular formula is C11H20N2OS. The maximum absolute atomic E-state index is 11.8. The number of rotatable bonds is 3. The van der Waals surface area contributed by atoms with Gasteiger partial charge in [0.05, 0.1) is 0 Å². The third kappa shape index (κ3) is 3.38. The van der Waals surface area contributed by atoms with Crippen molar-refractivity contribution in [3.05, 3.63) is 0 Å². The predicted molar refractivity (Wildman–Crippen MR) is 64.0 cm³/mol. The molecule has 0 aliphatic carbocycles. The Labute approximate surface area is 95.8 Å². The van der Waals surface area contributed by atoms with Crippen molar-refractivity contribution in [1.82, 2.24) is 10.6 Å². The highest BCUT2D eigenvalue weighted by Gasteiger charge is 2.22. The maximum atomic E-state index is 11.8. The van der Waals surface area contributed by atoms with E-state index in [1.165, 1.54) is 17.9 Å². The Morgan fingerprint density at radius 2 is 2.13 bits per heavy atom. The van der Waals surface area contributed by atoms with Crippen molar-refractivity contribution in [3.8, 4) is 0 Å². The molecule has 3 nitrogen and oxygen atoms in total. The summed E-state index contributed by atoms with van der Waals surface area (Å²) in [4.78, 5) is 11.8. The van der Waals surface area contributed by atoms with Crippen LogP contribution >= 0.6 is 11.8 Å². The molecule has 0 aromatic rings. The number of amides is 1. The molecule has 0 radical (unpaired) electrons. The number of nitrogens with one attached hydrogen (secondary N) is 2. The van der Waals surface area contributed by atoms with Crippen LogP contribution in [-0.4, -0.2) is 37.0 Å².